The Balaban J connectivity index is 2.32. The van der Waals surface area contributed by atoms with E-state index < -0.39 is 0 Å². The van der Waals surface area contributed by atoms with Crippen molar-refractivity contribution >= 4 is 0 Å². The second kappa shape index (κ2) is 2.35. The van der Waals surface area contributed by atoms with Gasteiger partial charge in [-0.2, -0.15) is 0 Å². The summed E-state index contributed by atoms with van der Waals surface area (Å²) in [6.45, 7) is 7.15. The van der Waals surface area contributed by atoms with E-state index in [0.717, 1.165) is 5.92 Å². The standard InChI is InChI=1S/C11H18O/c1-7-4-8-5-10(9(7)6-12)11(8,2)3/h8,10,12H,4-6H2,1-3H3/t8-,10+/m0/s1. The zero-order valence-electron chi connectivity index (χ0n) is 8.22. The summed E-state index contributed by atoms with van der Waals surface area (Å²) >= 11 is 0. The van der Waals surface area contributed by atoms with E-state index in [-0.39, 0.29) is 6.61 Å². The van der Waals surface area contributed by atoms with Gasteiger partial charge in [-0.1, -0.05) is 19.4 Å². The molecule has 0 saturated heterocycles. The maximum atomic E-state index is 9.23. The highest BCUT2D eigenvalue weighted by molar-refractivity contribution is 5.29. The van der Waals surface area contributed by atoms with Gasteiger partial charge in [0.1, 0.15) is 0 Å². The van der Waals surface area contributed by atoms with Crippen molar-refractivity contribution in [1.29, 1.82) is 0 Å². The molecule has 3 rings (SSSR count). The van der Waals surface area contributed by atoms with Crippen LogP contribution in [0.3, 0.4) is 0 Å². The Morgan fingerprint density at radius 2 is 2.17 bits per heavy atom. The van der Waals surface area contributed by atoms with Crippen LogP contribution < -0.4 is 0 Å². The molecule has 3 aliphatic rings. The Labute approximate surface area is 74.5 Å². The third-order valence-corrected chi connectivity index (χ3v) is 4.16. The summed E-state index contributed by atoms with van der Waals surface area (Å²) in [6, 6.07) is 0. The fourth-order valence-electron chi connectivity index (χ4n) is 3.00. The third-order valence-electron chi connectivity index (χ3n) is 4.16. The van der Waals surface area contributed by atoms with Crippen molar-refractivity contribution in [2.45, 2.75) is 33.6 Å². The first kappa shape index (κ1) is 8.31. The molecule has 1 fully saturated rings. The lowest BCUT2D eigenvalue weighted by Gasteiger charge is -2.57. The van der Waals surface area contributed by atoms with Crippen LogP contribution in [0.1, 0.15) is 33.6 Å². The average Bonchev–Trinajstić information content (AvgIpc) is 2.03. The van der Waals surface area contributed by atoms with E-state index in [2.05, 4.69) is 20.8 Å². The van der Waals surface area contributed by atoms with Crippen LogP contribution in [0.2, 0.25) is 0 Å². The normalized spacial score (nSPS) is 38.0. The van der Waals surface area contributed by atoms with Gasteiger partial charge in [-0.15, -0.1) is 0 Å². The van der Waals surface area contributed by atoms with Gasteiger partial charge in [0.25, 0.3) is 0 Å². The SMILES string of the molecule is CC1=C(CO)[C@H]2C[C@H](C1)C2(C)C. The van der Waals surface area contributed by atoms with Crippen LogP contribution in [0.15, 0.2) is 11.1 Å². The zero-order chi connectivity index (χ0) is 8.93. The second-order valence-electron chi connectivity index (χ2n) is 4.97. The fraction of sp³-hybridized carbons (Fsp3) is 0.818. The smallest absolute Gasteiger partial charge is 0.0647 e. The Bertz CT molecular complexity index is 237. The van der Waals surface area contributed by atoms with E-state index in [1.807, 2.05) is 0 Å². The van der Waals surface area contributed by atoms with E-state index in [9.17, 15) is 5.11 Å². The predicted molar refractivity (Wildman–Crippen MR) is 49.8 cm³/mol. The summed E-state index contributed by atoms with van der Waals surface area (Å²) in [7, 11) is 0. The van der Waals surface area contributed by atoms with Gasteiger partial charge in [0, 0.05) is 0 Å². The molecule has 12 heavy (non-hydrogen) atoms. The van der Waals surface area contributed by atoms with E-state index in [0.29, 0.717) is 11.3 Å². The molecule has 1 saturated carbocycles. The molecule has 1 N–H and O–H groups in total. The number of fused-ring (bicyclic) bond motifs is 1. The zero-order valence-corrected chi connectivity index (χ0v) is 8.22. The molecule has 0 amide bonds. The largest absolute Gasteiger partial charge is 0.392 e. The highest BCUT2D eigenvalue weighted by atomic mass is 16.3. The summed E-state index contributed by atoms with van der Waals surface area (Å²) in [5, 5.41) is 9.23. The highest BCUT2D eigenvalue weighted by Gasteiger charge is 2.52. The molecule has 0 heterocycles. The second-order valence-corrected chi connectivity index (χ2v) is 4.97. The summed E-state index contributed by atoms with van der Waals surface area (Å²) in [4.78, 5) is 0. The Morgan fingerprint density at radius 3 is 2.58 bits per heavy atom. The fourth-order valence-corrected chi connectivity index (χ4v) is 3.00. The van der Waals surface area contributed by atoms with Crippen molar-refractivity contribution in [1.82, 2.24) is 0 Å². The molecule has 0 aromatic carbocycles. The lowest BCUT2D eigenvalue weighted by Crippen LogP contribution is -2.49. The molecule has 0 aliphatic heterocycles. The maximum absolute atomic E-state index is 9.23. The molecule has 2 bridgehead atoms. The predicted octanol–water partition coefficient (Wildman–Crippen LogP) is 2.36. The number of rotatable bonds is 1. The van der Waals surface area contributed by atoms with E-state index in [1.165, 1.54) is 24.0 Å². The molecule has 0 aromatic rings. The first-order chi connectivity index (χ1) is 5.57. The lowest BCUT2D eigenvalue weighted by molar-refractivity contribution is -0.0167. The number of aliphatic hydroxyl groups is 1. The molecule has 1 nitrogen and oxygen atoms in total. The van der Waals surface area contributed by atoms with Gasteiger partial charge >= 0.3 is 0 Å². The molecule has 3 aliphatic carbocycles. The average molecular weight is 166 g/mol. The summed E-state index contributed by atoms with van der Waals surface area (Å²) in [5.74, 6) is 1.57. The van der Waals surface area contributed by atoms with Crippen molar-refractivity contribution in [2.24, 2.45) is 17.3 Å². The van der Waals surface area contributed by atoms with Crippen LogP contribution in [-0.2, 0) is 0 Å². The first-order valence-electron chi connectivity index (χ1n) is 4.86. The number of hydrogen-bond donors (Lipinski definition) is 1. The number of aliphatic hydroxyl groups excluding tert-OH is 1. The maximum Gasteiger partial charge on any atom is 0.0647 e. The highest BCUT2D eigenvalue weighted by Crippen LogP contribution is 2.60. The quantitative estimate of drug-likeness (QED) is 0.593. The van der Waals surface area contributed by atoms with E-state index >= 15 is 0 Å². The topological polar surface area (TPSA) is 20.2 Å². The Kier molecular flexibility index (Phi) is 1.63. The lowest BCUT2D eigenvalue weighted by atomic mass is 9.47. The number of hydrogen-bond acceptors (Lipinski definition) is 1. The summed E-state index contributed by atoms with van der Waals surface area (Å²) in [5.41, 5.74) is 3.26. The minimum Gasteiger partial charge on any atom is -0.392 e. The van der Waals surface area contributed by atoms with Crippen molar-refractivity contribution in [3.63, 3.8) is 0 Å². The van der Waals surface area contributed by atoms with Crippen molar-refractivity contribution in [3.05, 3.63) is 11.1 Å². The van der Waals surface area contributed by atoms with Crippen molar-refractivity contribution < 1.29 is 5.11 Å². The van der Waals surface area contributed by atoms with Crippen LogP contribution in [0, 0.1) is 17.3 Å². The van der Waals surface area contributed by atoms with Crippen molar-refractivity contribution in [2.75, 3.05) is 6.61 Å². The molecule has 1 heteroatoms. The van der Waals surface area contributed by atoms with Crippen LogP contribution in [0.5, 0.6) is 0 Å². The molecule has 68 valence electrons. The van der Waals surface area contributed by atoms with Crippen LogP contribution >= 0.6 is 0 Å². The van der Waals surface area contributed by atoms with Gasteiger partial charge in [0.15, 0.2) is 0 Å². The summed E-state index contributed by atoms with van der Waals surface area (Å²) < 4.78 is 0. The van der Waals surface area contributed by atoms with Gasteiger partial charge in [0.05, 0.1) is 6.61 Å². The first-order valence-corrected chi connectivity index (χ1v) is 4.86. The molecular formula is C11H18O. The van der Waals surface area contributed by atoms with Gasteiger partial charge in [-0.3, -0.25) is 0 Å². The third kappa shape index (κ3) is 0.832. The van der Waals surface area contributed by atoms with Gasteiger partial charge in [0.2, 0.25) is 0 Å². The Morgan fingerprint density at radius 1 is 1.50 bits per heavy atom. The van der Waals surface area contributed by atoms with Gasteiger partial charge in [-0.05, 0) is 42.6 Å². The van der Waals surface area contributed by atoms with Gasteiger partial charge < -0.3 is 5.11 Å². The molecule has 0 aromatic heterocycles. The van der Waals surface area contributed by atoms with E-state index in [4.69, 9.17) is 0 Å². The molecule has 0 radical (unpaired) electrons. The molecule has 2 atom stereocenters. The van der Waals surface area contributed by atoms with Crippen molar-refractivity contribution in [3.8, 4) is 0 Å². The van der Waals surface area contributed by atoms with Crippen LogP contribution in [0.4, 0.5) is 0 Å². The van der Waals surface area contributed by atoms with Crippen LogP contribution in [-0.4, -0.2) is 11.7 Å². The number of allylic oxidation sites excluding steroid dienone is 1. The monoisotopic (exact) mass is 166 g/mol. The molecule has 0 spiro atoms. The molecular weight excluding hydrogens is 148 g/mol. The minimum atomic E-state index is 0.284. The van der Waals surface area contributed by atoms with Gasteiger partial charge in [-0.25, -0.2) is 0 Å². The molecule has 0 unspecified atom stereocenters. The van der Waals surface area contributed by atoms with Crippen LogP contribution in [0.25, 0.3) is 0 Å². The Hall–Kier alpha value is -0.300. The minimum absolute atomic E-state index is 0.284. The van der Waals surface area contributed by atoms with E-state index in [1.54, 1.807) is 0 Å². The summed E-state index contributed by atoms with van der Waals surface area (Å²) in [6.07, 6.45) is 2.54.